The van der Waals surface area contributed by atoms with Crippen molar-refractivity contribution in [1.29, 1.82) is 0 Å². The molecule has 2 atom stereocenters. The fourth-order valence-electron chi connectivity index (χ4n) is 4.69. The third-order valence-corrected chi connectivity index (χ3v) is 7.92. The molecule has 37 heavy (non-hydrogen) atoms. The van der Waals surface area contributed by atoms with Crippen molar-refractivity contribution >= 4 is 23.2 Å². The van der Waals surface area contributed by atoms with E-state index in [4.69, 9.17) is 14.2 Å². The van der Waals surface area contributed by atoms with Crippen molar-refractivity contribution in [3.63, 3.8) is 0 Å². The molecule has 0 bridgehead atoms. The van der Waals surface area contributed by atoms with Gasteiger partial charge >= 0.3 is 0 Å². The van der Waals surface area contributed by atoms with Gasteiger partial charge in [0.05, 0.1) is 6.04 Å². The number of thiophene rings is 1. The second-order valence-electron chi connectivity index (χ2n) is 9.18. The summed E-state index contributed by atoms with van der Waals surface area (Å²) in [5, 5.41) is 2.02. The van der Waals surface area contributed by atoms with Gasteiger partial charge in [0, 0.05) is 29.1 Å². The average Bonchev–Trinajstić information content (AvgIpc) is 3.58. The quantitative estimate of drug-likeness (QED) is 0.412. The Morgan fingerprint density at radius 1 is 1.19 bits per heavy atom. The van der Waals surface area contributed by atoms with Gasteiger partial charge in [0.1, 0.15) is 24.7 Å². The second kappa shape index (κ2) is 10.8. The van der Waals surface area contributed by atoms with Crippen molar-refractivity contribution in [1.82, 2.24) is 9.80 Å². The van der Waals surface area contributed by atoms with Crippen molar-refractivity contribution in [3.05, 3.63) is 75.7 Å². The molecule has 0 radical (unpaired) electrons. The number of nitrogens with zero attached hydrogens (tertiary/aromatic N) is 2. The van der Waals surface area contributed by atoms with Crippen molar-refractivity contribution < 1.29 is 28.2 Å². The minimum absolute atomic E-state index is 0.0573. The highest BCUT2D eigenvalue weighted by atomic mass is 32.1. The average molecular weight is 525 g/mol. The second-order valence-corrected chi connectivity index (χ2v) is 10.2. The van der Waals surface area contributed by atoms with E-state index in [-0.39, 0.29) is 49.7 Å². The van der Waals surface area contributed by atoms with Crippen molar-refractivity contribution in [2.45, 2.75) is 38.8 Å². The summed E-state index contributed by atoms with van der Waals surface area (Å²) in [5.74, 6) is 0.770. The predicted molar refractivity (Wildman–Crippen MR) is 138 cm³/mol. The van der Waals surface area contributed by atoms with Gasteiger partial charge in [0.15, 0.2) is 11.5 Å². The Bertz CT molecular complexity index is 1300. The zero-order chi connectivity index (χ0) is 25.9. The number of fused-ring (bicyclic) bond motifs is 2. The first-order valence-corrected chi connectivity index (χ1v) is 13.3. The molecule has 9 heteroatoms. The Morgan fingerprint density at radius 2 is 2.03 bits per heavy atom. The molecule has 2 aliphatic heterocycles. The minimum Gasteiger partial charge on any atom is -0.491 e. The maximum absolute atomic E-state index is 13.7. The van der Waals surface area contributed by atoms with Crippen molar-refractivity contribution in [2.75, 3.05) is 26.5 Å². The van der Waals surface area contributed by atoms with Crippen molar-refractivity contribution in [3.8, 4) is 17.2 Å². The Balaban J connectivity index is 1.36. The van der Waals surface area contributed by atoms with Gasteiger partial charge in [-0.3, -0.25) is 9.59 Å². The van der Waals surface area contributed by atoms with Crippen LogP contribution in [0.3, 0.4) is 0 Å². The van der Waals surface area contributed by atoms with Crippen LogP contribution in [0, 0.1) is 5.82 Å². The summed E-state index contributed by atoms with van der Waals surface area (Å²) in [5.41, 5.74) is 1.49. The lowest BCUT2D eigenvalue weighted by molar-refractivity contribution is -0.136. The molecule has 2 aromatic carbocycles. The lowest BCUT2D eigenvalue weighted by atomic mass is 10.00. The molecule has 0 aliphatic carbocycles. The molecule has 0 N–H and O–H groups in total. The van der Waals surface area contributed by atoms with E-state index < -0.39 is 0 Å². The zero-order valence-electron chi connectivity index (χ0n) is 20.8. The number of ether oxygens (including phenoxy) is 3. The normalized spacial score (nSPS) is 16.7. The van der Waals surface area contributed by atoms with Crippen LogP contribution in [-0.4, -0.2) is 54.1 Å². The van der Waals surface area contributed by atoms with E-state index in [0.717, 1.165) is 12.0 Å². The van der Waals surface area contributed by atoms with Crippen LogP contribution >= 0.6 is 11.3 Å². The predicted octanol–water partition coefficient (Wildman–Crippen LogP) is 5.06. The SMILES string of the molecule is CC[C@H](C)N(CC(=O)N1CCc2sccc2[C@H]1COc1cccc(F)c1)C(=O)c1ccc2c(c1)OCO2. The Labute approximate surface area is 219 Å². The van der Waals surface area contributed by atoms with Gasteiger partial charge < -0.3 is 24.0 Å². The number of hydrogen-bond acceptors (Lipinski definition) is 6. The van der Waals surface area contributed by atoms with Crippen LogP contribution in [0.4, 0.5) is 4.39 Å². The molecule has 5 rings (SSSR count). The van der Waals surface area contributed by atoms with Gasteiger partial charge in [-0.1, -0.05) is 13.0 Å². The molecule has 0 fully saturated rings. The standard InChI is InChI=1S/C28H29FN2O5S/c1-3-18(2)31(28(33)19-7-8-24-25(13-19)36-17-35-24)15-27(32)30-11-9-26-22(10-12-37-26)23(30)16-34-21-6-4-5-20(29)14-21/h4-8,10,12-14,18,23H,3,9,11,15-17H2,1-2H3/t18-,23+/m0/s1. The van der Waals surface area contributed by atoms with Gasteiger partial charge in [0.25, 0.3) is 5.91 Å². The molecule has 2 amide bonds. The summed E-state index contributed by atoms with van der Waals surface area (Å²) in [6.45, 7) is 4.71. The maximum Gasteiger partial charge on any atom is 0.254 e. The highest BCUT2D eigenvalue weighted by molar-refractivity contribution is 7.10. The van der Waals surface area contributed by atoms with E-state index in [1.807, 2.05) is 25.3 Å². The first-order chi connectivity index (χ1) is 17.9. The lowest BCUT2D eigenvalue weighted by Crippen LogP contribution is -2.49. The molecule has 2 aliphatic rings. The van der Waals surface area contributed by atoms with Crippen LogP contribution in [0.25, 0.3) is 0 Å². The smallest absolute Gasteiger partial charge is 0.254 e. The number of halogens is 1. The number of carbonyl (C=O) groups is 2. The zero-order valence-corrected chi connectivity index (χ0v) is 21.6. The fraction of sp³-hybridized carbons (Fsp3) is 0.357. The van der Waals surface area contributed by atoms with Gasteiger partial charge in [0.2, 0.25) is 12.7 Å². The first-order valence-electron chi connectivity index (χ1n) is 12.4. The topological polar surface area (TPSA) is 68.3 Å². The third-order valence-electron chi connectivity index (χ3n) is 6.93. The molecule has 3 aromatic rings. The summed E-state index contributed by atoms with van der Waals surface area (Å²) >= 11 is 1.66. The Kier molecular flexibility index (Phi) is 7.32. The molecular formula is C28H29FN2O5S. The molecule has 0 spiro atoms. The maximum atomic E-state index is 13.7. The number of hydrogen-bond donors (Lipinski definition) is 0. The van der Waals surface area contributed by atoms with Gasteiger partial charge in [-0.05, 0) is 67.1 Å². The lowest BCUT2D eigenvalue weighted by Gasteiger charge is -2.38. The van der Waals surface area contributed by atoms with E-state index in [9.17, 15) is 14.0 Å². The number of carbonyl (C=O) groups excluding carboxylic acids is 2. The largest absolute Gasteiger partial charge is 0.491 e. The summed E-state index contributed by atoms with van der Waals surface area (Å²) in [6.07, 6.45) is 1.44. The summed E-state index contributed by atoms with van der Waals surface area (Å²) in [7, 11) is 0. The summed E-state index contributed by atoms with van der Waals surface area (Å²) in [4.78, 5) is 31.9. The summed E-state index contributed by atoms with van der Waals surface area (Å²) < 4.78 is 30.4. The molecule has 194 valence electrons. The highest BCUT2D eigenvalue weighted by Crippen LogP contribution is 2.35. The molecular weight excluding hydrogens is 495 g/mol. The molecule has 0 saturated heterocycles. The van der Waals surface area contributed by atoms with Gasteiger partial charge in [-0.2, -0.15) is 0 Å². The van der Waals surface area contributed by atoms with E-state index in [1.54, 1.807) is 51.5 Å². The Hall–Kier alpha value is -3.59. The van der Waals surface area contributed by atoms with Gasteiger partial charge in [-0.25, -0.2) is 4.39 Å². The fourth-order valence-corrected chi connectivity index (χ4v) is 5.61. The van der Waals surface area contributed by atoms with Gasteiger partial charge in [-0.15, -0.1) is 11.3 Å². The molecule has 0 unspecified atom stereocenters. The molecule has 0 saturated carbocycles. The molecule has 3 heterocycles. The monoisotopic (exact) mass is 524 g/mol. The summed E-state index contributed by atoms with van der Waals surface area (Å²) in [6, 6.07) is 12.6. The number of rotatable bonds is 8. The Morgan fingerprint density at radius 3 is 2.84 bits per heavy atom. The van der Waals surface area contributed by atoms with E-state index in [1.165, 1.54) is 17.0 Å². The minimum atomic E-state index is -0.378. The number of benzene rings is 2. The van der Waals surface area contributed by atoms with E-state index in [0.29, 0.717) is 35.8 Å². The van der Waals surface area contributed by atoms with E-state index in [2.05, 4.69) is 0 Å². The van der Waals surface area contributed by atoms with Crippen LogP contribution in [0.5, 0.6) is 17.2 Å². The third kappa shape index (κ3) is 5.27. The van der Waals surface area contributed by atoms with E-state index >= 15 is 0 Å². The van der Waals surface area contributed by atoms with Crippen LogP contribution in [0.15, 0.2) is 53.9 Å². The first kappa shape index (κ1) is 25.1. The molecule has 1 aromatic heterocycles. The van der Waals surface area contributed by atoms with Crippen molar-refractivity contribution in [2.24, 2.45) is 0 Å². The number of amides is 2. The van der Waals surface area contributed by atoms with Crippen LogP contribution < -0.4 is 14.2 Å². The van der Waals surface area contributed by atoms with Crippen LogP contribution in [0.2, 0.25) is 0 Å². The van der Waals surface area contributed by atoms with Crippen LogP contribution in [0.1, 0.15) is 47.1 Å². The highest BCUT2D eigenvalue weighted by Gasteiger charge is 2.34. The van der Waals surface area contributed by atoms with Crippen LogP contribution in [-0.2, 0) is 11.2 Å². The molecule has 7 nitrogen and oxygen atoms in total.